The number of hydrogen-bond donors (Lipinski definition) is 1. The molecule has 92 valence electrons. The van der Waals surface area contributed by atoms with Crippen LogP contribution in [0.15, 0.2) is 41.0 Å². The van der Waals surface area contributed by atoms with Crippen molar-refractivity contribution in [3.8, 4) is 11.1 Å². The van der Waals surface area contributed by atoms with E-state index in [4.69, 9.17) is 0 Å². The molecule has 0 aromatic heterocycles. The van der Waals surface area contributed by atoms with E-state index in [0.29, 0.717) is 0 Å². The first kappa shape index (κ1) is 20.8. The van der Waals surface area contributed by atoms with Crippen LogP contribution in [0, 0.1) is 6.20 Å². The van der Waals surface area contributed by atoms with Crippen molar-refractivity contribution in [2.75, 3.05) is 0 Å². The number of halogens is 4. The maximum atomic E-state index is 3.47. The summed E-state index contributed by atoms with van der Waals surface area (Å²) in [5.41, 5.74) is 2.40. The third-order valence-electron chi connectivity index (χ3n) is 2.43. The van der Waals surface area contributed by atoms with Crippen LogP contribution in [0.2, 0.25) is 0 Å². The predicted molar refractivity (Wildman–Crippen MR) is 61.5 cm³/mol. The standard InChI is InChI=1S/C12H7BrN.3ClH.Zr/c13-10-1-2-11-9(6-10)5-8-3-4-14-7-12(8)11;;;;/h1-6,14H;3*1H;/q-1;;;;+4/p-3. The Balaban J connectivity index is 0. The van der Waals surface area contributed by atoms with Crippen LogP contribution in [0.5, 0.6) is 0 Å². The fourth-order valence-electron chi connectivity index (χ4n) is 1.79. The number of aromatic amines is 1. The number of fused-ring (bicyclic) bond motifs is 3. The van der Waals surface area contributed by atoms with Crippen LogP contribution in [0.1, 0.15) is 0 Å². The van der Waals surface area contributed by atoms with Gasteiger partial charge in [0.15, 0.2) is 0 Å². The molecule has 0 saturated carbocycles. The Labute approximate surface area is 152 Å². The molecule has 1 aromatic carbocycles. The van der Waals surface area contributed by atoms with E-state index >= 15 is 0 Å². The van der Waals surface area contributed by atoms with Gasteiger partial charge >= 0.3 is 26.2 Å². The number of hydrogen-bond acceptors (Lipinski definition) is 0. The van der Waals surface area contributed by atoms with Gasteiger partial charge in [0.25, 0.3) is 0 Å². The normalized spacial score (nSPS) is 8.72. The van der Waals surface area contributed by atoms with Gasteiger partial charge in [-0.2, -0.15) is 0 Å². The van der Waals surface area contributed by atoms with E-state index in [1.54, 1.807) is 0 Å². The molecule has 1 aromatic rings. The van der Waals surface area contributed by atoms with E-state index in [-0.39, 0.29) is 63.4 Å². The smallest absolute Gasteiger partial charge is 1.00 e. The van der Waals surface area contributed by atoms with Crippen molar-refractivity contribution >= 4 is 26.7 Å². The summed E-state index contributed by atoms with van der Waals surface area (Å²) in [5.74, 6) is 0. The molecular weight excluding hydrogens is 436 g/mol. The molecule has 0 amide bonds. The van der Waals surface area contributed by atoms with Gasteiger partial charge in [0, 0.05) is 4.47 Å². The van der Waals surface area contributed by atoms with Crippen LogP contribution in [-0.4, -0.2) is 4.98 Å². The SMILES string of the molecule is Brc1ccc2c3[c-][nH]ccc-3cc2c1.[Cl-].[Cl-].[Cl-].[Zr+4]. The molecule has 3 rings (SSSR count). The van der Waals surface area contributed by atoms with Crippen molar-refractivity contribution in [2.24, 2.45) is 0 Å². The van der Waals surface area contributed by atoms with Crippen molar-refractivity contribution in [3.05, 3.63) is 47.2 Å². The molecule has 1 heterocycles. The van der Waals surface area contributed by atoms with Crippen molar-refractivity contribution in [2.45, 2.75) is 0 Å². The monoisotopic (exact) mass is 439 g/mol. The number of H-pyrrole nitrogens is 1. The molecule has 18 heavy (non-hydrogen) atoms. The summed E-state index contributed by atoms with van der Waals surface area (Å²) in [6.07, 6.45) is 5.05. The minimum absolute atomic E-state index is 0. The van der Waals surface area contributed by atoms with Crippen LogP contribution in [0.4, 0.5) is 0 Å². The molecule has 0 atom stereocenters. The van der Waals surface area contributed by atoms with Gasteiger partial charge < -0.3 is 42.2 Å². The Hall–Kier alpha value is 0.473. The Kier molecular flexibility index (Phi) is 9.94. The van der Waals surface area contributed by atoms with Crippen molar-refractivity contribution in [3.63, 3.8) is 0 Å². The first-order valence-electron chi connectivity index (χ1n) is 4.42. The number of rotatable bonds is 0. The number of aromatic nitrogens is 1. The van der Waals surface area contributed by atoms with E-state index in [9.17, 15) is 0 Å². The zero-order valence-corrected chi connectivity index (χ0v) is 15.3. The largest absolute Gasteiger partial charge is 4.00 e. The van der Waals surface area contributed by atoms with Gasteiger partial charge in [-0.3, -0.25) is 0 Å². The zero-order valence-electron chi connectivity index (χ0n) is 8.98. The maximum Gasteiger partial charge on any atom is 4.00 e. The van der Waals surface area contributed by atoms with Crippen molar-refractivity contribution in [1.29, 1.82) is 0 Å². The van der Waals surface area contributed by atoms with Crippen LogP contribution in [0.3, 0.4) is 0 Å². The summed E-state index contributed by atoms with van der Waals surface area (Å²) < 4.78 is 1.12. The zero-order chi connectivity index (χ0) is 9.54. The summed E-state index contributed by atoms with van der Waals surface area (Å²) in [5, 5.41) is 2.50. The van der Waals surface area contributed by atoms with Crippen LogP contribution >= 0.6 is 15.9 Å². The third-order valence-corrected chi connectivity index (χ3v) is 2.92. The number of nitrogens with one attached hydrogen (secondary N) is 1. The summed E-state index contributed by atoms with van der Waals surface area (Å²) in [7, 11) is 0. The Bertz CT molecular complexity index is 585. The summed E-state index contributed by atoms with van der Waals surface area (Å²) in [6.45, 7) is 0. The fraction of sp³-hybridized carbons (Fsp3) is 0. The second-order valence-electron chi connectivity index (χ2n) is 3.31. The van der Waals surface area contributed by atoms with E-state index in [1.807, 2.05) is 6.20 Å². The van der Waals surface area contributed by atoms with Gasteiger partial charge in [-0.05, 0) is 0 Å². The summed E-state index contributed by atoms with van der Waals surface area (Å²) in [6, 6.07) is 10.6. The van der Waals surface area contributed by atoms with Gasteiger partial charge in [-0.1, -0.05) is 63.4 Å². The Morgan fingerprint density at radius 3 is 2.44 bits per heavy atom. The van der Waals surface area contributed by atoms with Gasteiger partial charge in [0.05, 0.1) is 0 Å². The van der Waals surface area contributed by atoms with Crippen LogP contribution in [0.25, 0.3) is 21.9 Å². The molecule has 1 nitrogen and oxygen atoms in total. The molecule has 1 aliphatic heterocycles. The van der Waals surface area contributed by atoms with E-state index < -0.39 is 0 Å². The quantitative estimate of drug-likeness (QED) is 0.335. The van der Waals surface area contributed by atoms with E-state index in [0.717, 1.165) is 10.0 Å². The summed E-state index contributed by atoms with van der Waals surface area (Å²) in [4.78, 5) is 2.99. The third kappa shape index (κ3) is 3.74. The number of pyridine rings is 1. The Morgan fingerprint density at radius 2 is 1.72 bits per heavy atom. The molecule has 2 aliphatic rings. The second-order valence-corrected chi connectivity index (χ2v) is 4.22. The van der Waals surface area contributed by atoms with E-state index in [1.165, 1.54) is 16.3 Å². The molecule has 1 N–H and O–H groups in total. The van der Waals surface area contributed by atoms with Gasteiger partial charge in [-0.15, -0.1) is 17.2 Å². The van der Waals surface area contributed by atoms with Gasteiger partial charge in [-0.25, -0.2) is 0 Å². The Morgan fingerprint density at radius 1 is 1.00 bits per heavy atom. The van der Waals surface area contributed by atoms with E-state index in [2.05, 4.69) is 57.4 Å². The molecule has 1 aliphatic carbocycles. The van der Waals surface area contributed by atoms with Crippen LogP contribution < -0.4 is 37.2 Å². The van der Waals surface area contributed by atoms with Crippen molar-refractivity contribution < 1.29 is 63.4 Å². The minimum Gasteiger partial charge on any atom is -1.00 e. The average Bonchev–Trinajstić information content (AvgIpc) is 2.54. The number of benzene rings is 1. The fourth-order valence-corrected chi connectivity index (χ4v) is 2.17. The molecule has 0 radical (unpaired) electrons. The van der Waals surface area contributed by atoms with Crippen molar-refractivity contribution in [1.82, 2.24) is 4.98 Å². The molecule has 0 bridgehead atoms. The summed E-state index contributed by atoms with van der Waals surface area (Å²) >= 11 is 3.47. The minimum atomic E-state index is 0. The maximum absolute atomic E-state index is 3.47. The first-order chi connectivity index (χ1) is 6.84. The van der Waals surface area contributed by atoms with Crippen LogP contribution in [-0.2, 0) is 26.2 Å². The predicted octanol–water partition coefficient (Wildman–Crippen LogP) is -5.16. The second kappa shape index (κ2) is 8.61. The van der Waals surface area contributed by atoms with Gasteiger partial charge in [0.1, 0.15) is 0 Å². The molecule has 0 saturated heterocycles. The molecule has 0 unspecified atom stereocenters. The molecule has 0 spiro atoms. The van der Waals surface area contributed by atoms with Gasteiger partial charge in [0.2, 0.25) is 0 Å². The molecule has 0 fully saturated rings. The first-order valence-corrected chi connectivity index (χ1v) is 5.21. The molecule has 6 heteroatoms. The molecular formula is C12H7BrCl3NZr. The average molecular weight is 443 g/mol. The topological polar surface area (TPSA) is 15.8 Å².